The van der Waals surface area contributed by atoms with E-state index in [1.54, 1.807) is 12.1 Å². The second kappa shape index (κ2) is 14.1. The maximum atomic E-state index is 11.9. The van der Waals surface area contributed by atoms with Gasteiger partial charge in [0.25, 0.3) is 11.8 Å². The van der Waals surface area contributed by atoms with Crippen LogP contribution in [0.2, 0.25) is 0 Å². The molecule has 2 aliphatic rings. The van der Waals surface area contributed by atoms with Crippen molar-refractivity contribution in [1.29, 1.82) is 0 Å². The molecule has 0 bridgehead atoms. The van der Waals surface area contributed by atoms with Crippen LogP contribution in [0.1, 0.15) is 52.0 Å². The van der Waals surface area contributed by atoms with Gasteiger partial charge in [0.05, 0.1) is 51.7 Å². The molecule has 9 heteroatoms. The number of carbonyl (C=O) groups excluding carboxylic acids is 3. The van der Waals surface area contributed by atoms with E-state index in [1.165, 1.54) is 29.0 Å². The SMILES string of the molecule is CC(C)(C)OC(=O)CCOCCOCCOCCNC(=C1CCC1)c1ccc(N2C(=O)C=CC2=O)cc1. The van der Waals surface area contributed by atoms with Gasteiger partial charge in [-0.25, -0.2) is 4.90 Å². The molecule has 0 spiro atoms. The number of amides is 2. The van der Waals surface area contributed by atoms with Crippen LogP contribution in [0, 0.1) is 0 Å². The third-order valence-electron chi connectivity index (χ3n) is 5.70. The summed E-state index contributed by atoms with van der Waals surface area (Å²) in [5, 5.41) is 3.49. The lowest BCUT2D eigenvalue weighted by atomic mass is 9.88. The van der Waals surface area contributed by atoms with Crippen LogP contribution in [0.5, 0.6) is 0 Å². The molecule has 9 nitrogen and oxygen atoms in total. The highest BCUT2D eigenvalue weighted by atomic mass is 16.6. The zero-order chi connectivity index (χ0) is 26.7. The lowest BCUT2D eigenvalue weighted by molar-refractivity contribution is -0.156. The molecule has 1 heterocycles. The number of allylic oxidation sites excluding steroid dienone is 1. The number of imide groups is 1. The van der Waals surface area contributed by atoms with Crippen molar-refractivity contribution in [2.24, 2.45) is 0 Å². The zero-order valence-electron chi connectivity index (χ0n) is 22.0. The van der Waals surface area contributed by atoms with Gasteiger partial charge in [-0.2, -0.15) is 0 Å². The number of nitrogens with one attached hydrogen (secondary N) is 1. The van der Waals surface area contributed by atoms with Gasteiger partial charge < -0.3 is 24.3 Å². The number of carbonyl (C=O) groups is 3. The van der Waals surface area contributed by atoms with Crippen molar-refractivity contribution in [2.75, 3.05) is 51.1 Å². The van der Waals surface area contributed by atoms with Crippen LogP contribution in [0.15, 0.2) is 42.0 Å². The molecule has 1 N–H and O–H groups in total. The summed E-state index contributed by atoms with van der Waals surface area (Å²) >= 11 is 0. The smallest absolute Gasteiger partial charge is 0.308 e. The van der Waals surface area contributed by atoms with E-state index in [0.717, 1.165) is 24.1 Å². The van der Waals surface area contributed by atoms with E-state index >= 15 is 0 Å². The molecule has 0 atom stereocenters. The van der Waals surface area contributed by atoms with E-state index in [0.29, 0.717) is 51.9 Å². The minimum Gasteiger partial charge on any atom is -0.460 e. The molecule has 1 aromatic carbocycles. The van der Waals surface area contributed by atoms with Crippen molar-refractivity contribution in [3.8, 4) is 0 Å². The molecule has 1 fully saturated rings. The summed E-state index contributed by atoms with van der Waals surface area (Å²) in [5.41, 5.74) is 3.59. The summed E-state index contributed by atoms with van der Waals surface area (Å²) in [6.45, 7) is 8.81. The number of rotatable bonds is 15. The number of esters is 1. The number of nitrogens with zero attached hydrogens (tertiary/aromatic N) is 1. The number of ether oxygens (including phenoxy) is 4. The summed E-state index contributed by atoms with van der Waals surface area (Å²) in [6, 6.07) is 7.47. The van der Waals surface area contributed by atoms with Crippen LogP contribution in [-0.2, 0) is 33.3 Å². The lowest BCUT2D eigenvalue weighted by Crippen LogP contribution is -2.29. The van der Waals surface area contributed by atoms with Crippen LogP contribution < -0.4 is 10.2 Å². The van der Waals surface area contributed by atoms with E-state index in [9.17, 15) is 14.4 Å². The molecule has 1 aliphatic heterocycles. The Balaban J connectivity index is 1.27. The van der Waals surface area contributed by atoms with E-state index < -0.39 is 5.60 Å². The summed E-state index contributed by atoms with van der Waals surface area (Å²) in [7, 11) is 0. The van der Waals surface area contributed by atoms with Crippen LogP contribution in [0.3, 0.4) is 0 Å². The normalized spacial score (nSPS) is 15.2. The van der Waals surface area contributed by atoms with Crippen molar-refractivity contribution in [3.63, 3.8) is 0 Å². The first-order valence-corrected chi connectivity index (χ1v) is 12.8. The van der Waals surface area contributed by atoms with E-state index in [2.05, 4.69) is 5.32 Å². The third-order valence-corrected chi connectivity index (χ3v) is 5.70. The Morgan fingerprint density at radius 3 is 1.97 bits per heavy atom. The predicted molar refractivity (Wildman–Crippen MR) is 140 cm³/mol. The van der Waals surface area contributed by atoms with Gasteiger partial charge in [0.2, 0.25) is 0 Å². The Hall–Kier alpha value is -3.01. The average Bonchev–Trinajstić information content (AvgIpc) is 3.14. The van der Waals surface area contributed by atoms with Crippen molar-refractivity contribution in [3.05, 3.63) is 47.6 Å². The van der Waals surface area contributed by atoms with Gasteiger partial charge in [-0.3, -0.25) is 14.4 Å². The maximum Gasteiger partial charge on any atom is 0.308 e. The second-order valence-corrected chi connectivity index (χ2v) is 9.82. The molecule has 3 rings (SSSR count). The van der Waals surface area contributed by atoms with Gasteiger partial charge in [0.1, 0.15) is 5.60 Å². The van der Waals surface area contributed by atoms with Gasteiger partial charge in [0, 0.05) is 24.4 Å². The molecule has 0 radical (unpaired) electrons. The molecule has 1 saturated carbocycles. The summed E-state index contributed by atoms with van der Waals surface area (Å²) < 4.78 is 21.8. The minimum absolute atomic E-state index is 0.227. The van der Waals surface area contributed by atoms with Crippen LogP contribution in [-0.4, -0.2) is 69.6 Å². The summed E-state index contributed by atoms with van der Waals surface area (Å²) in [5.74, 6) is -0.906. The third kappa shape index (κ3) is 9.42. The Morgan fingerprint density at radius 2 is 1.43 bits per heavy atom. The Bertz CT molecular complexity index is 969. The molecule has 2 amide bonds. The fourth-order valence-electron chi connectivity index (χ4n) is 3.80. The van der Waals surface area contributed by atoms with Crippen LogP contribution in [0.25, 0.3) is 5.70 Å². The highest BCUT2D eigenvalue weighted by Crippen LogP contribution is 2.33. The van der Waals surface area contributed by atoms with Crippen LogP contribution in [0.4, 0.5) is 5.69 Å². The number of hydrogen-bond acceptors (Lipinski definition) is 8. The fraction of sp³-hybridized carbons (Fsp3) is 0.536. The van der Waals surface area contributed by atoms with Gasteiger partial charge >= 0.3 is 5.97 Å². The molecular formula is C28H38N2O7. The van der Waals surface area contributed by atoms with E-state index in [4.69, 9.17) is 18.9 Å². The van der Waals surface area contributed by atoms with Gasteiger partial charge in [-0.15, -0.1) is 0 Å². The zero-order valence-corrected chi connectivity index (χ0v) is 22.0. The molecule has 0 aromatic heterocycles. The van der Waals surface area contributed by atoms with E-state index in [-0.39, 0.29) is 24.2 Å². The molecule has 1 aromatic rings. The Kier molecular flexibility index (Phi) is 10.9. The predicted octanol–water partition coefficient (Wildman–Crippen LogP) is 3.38. The molecular weight excluding hydrogens is 476 g/mol. The highest BCUT2D eigenvalue weighted by Gasteiger charge is 2.25. The van der Waals surface area contributed by atoms with Gasteiger partial charge in [-0.05, 0) is 63.3 Å². The Morgan fingerprint density at radius 1 is 0.865 bits per heavy atom. The molecule has 1 aliphatic carbocycles. The van der Waals surface area contributed by atoms with Crippen molar-refractivity contribution in [2.45, 2.75) is 52.1 Å². The van der Waals surface area contributed by atoms with Gasteiger partial charge in [0.15, 0.2) is 0 Å². The first kappa shape index (κ1) is 28.6. The number of benzene rings is 1. The standard InChI is InChI=1S/C28H38N2O7/c1-28(2,3)37-26(33)13-15-34-17-19-36-20-18-35-16-14-29-27(21-5-4-6-21)22-7-9-23(10-8-22)30-24(31)11-12-25(30)32/h7-12,29H,4-6,13-20H2,1-3H3. The monoisotopic (exact) mass is 514 g/mol. The van der Waals surface area contributed by atoms with Crippen molar-refractivity contribution >= 4 is 29.2 Å². The number of hydrogen-bond donors (Lipinski definition) is 1. The van der Waals surface area contributed by atoms with Crippen LogP contribution >= 0.6 is 0 Å². The lowest BCUT2D eigenvalue weighted by Gasteiger charge is -2.24. The van der Waals surface area contributed by atoms with Crippen molar-refractivity contribution < 1.29 is 33.3 Å². The first-order valence-electron chi connectivity index (χ1n) is 12.8. The highest BCUT2D eigenvalue weighted by molar-refractivity contribution is 6.28. The molecule has 0 saturated heterocycles. The quantitative estimate of drug-likeness (QED) is 0.216. The largest absolute Gasteiger partial charge is 0.460 e. The fourth-order valence-corrected chi connectivity index (χ4v) is 3.80. The maximum absolute atomic E-state index is 11.9. The van der Waals surface area contributed by atoms with E-state index in [1.807, 2.05) is 32.9 Å². The topological polar surface area (TPSA) is 103 Å². The average molecular weight is 515 g/mol. The second-order valence-electron chi connectivity index (χ2n) is 9.82. The Labute approximate surface area is 218 Å². The molecule has 202 valence electrons. The number of anilines is 1. The van der Waals surface area contributed by atoms with Gasteiger partial charge in [-0.1, -0.05) is 12.1 Å². The van der Waals surface area contributed by atoms with Crippen molar-refractivity contribution in [1.82, 2.24) is 5.32 Å². The minimum atomic E-state index is -0.479. The summed E-state index contributed by atoms with van der Waals surface area (Å²) in [4.78, 5) is 36.6. The summed E-state index contributed by atoms with van der Waals surface area (Å²) in [6.07, 6.45) is 6.10. The first-order chi connectivity index (χ1) is 17.7. The molecule has 0 unspecified atom stereocenters. The molecule has 37 heavy (non-hydrogen) atoms.